The fourth-order valence-electron chi connectivity index (χ4n) is 2.53. The third-order valence-electron chi connectivity index (χ3n) is 3.73. The molecule has 1 amide bonds. The average molecular weight is 449 g/mol. The van der Waals surface area contributed by atoms with Gasteiger partial charge in [-0.15, -0.1) is 10.2 Å². The van der Waals surface area contributed by atoms with Gasteiger partial charge in [-0.25, -0.2) is 4.39 Å². The van der Waals surface area contributed by atoms with Crippen molar-refractivity contribution in [3.8, 4) is 11.4 Å². The average Bonchev–Trinajstić information content (AvgIpc) is 3.06. The summed E-state index contributed by atoms with van der Waals surface area (Å²) in [5.74, 6) is 0.114. The summed E-state index contributed by atoms with van der Waals surface area (Å²) in [6, 6.07) is 14.3. The number of halogens is 2. The van der Waals surface area contributed by atoms with E-state index in [0.29, 0.717) is 9.63 Å². The van der Waals surface area contributed by atoms with E-state index in [0.717, 1.165) is 24.4 Å². The highest BCUT2D eigenvalue weighted by Gasteiger charge is 2.15. The monoisotopic (exact) mass is 448 g/mol. The topological polar surface area (TPSA) is 59.8 Å². The van der Waals surface area contributed by atoms with Gasteiger partial charge in [0.25, 0.3) is 0 Å². The molecule has 0 radical (unpaired) electrons. The van der Waals surface area contributed by atoms with Crippen molar-refractivity contribution in [2.75, 3.05) is 11.1 Å². The number of thioether (sulfide) groups is 1. The number of carbonyl (C=O) groups excluding carboxylic acids is 1. The van der Waals surface area contributed by atoms with Crippen molar-refractivity contribution in [1.29, 1.82) is 0 Å². The minimum absolute atomic E-state index is 0.117. The zero-order chi connectivity index (χ0) is 19.2. The fraction of sp³-hybridized carbons (Fsp3) is 0.211. The normalized spacial score (nSPS) is 10.8. The second-order valence-electron chi connectivity index (χ2n) is 5.78. The van der Waals surface area contributed by atoms with Gasteiger partial charge in [0, 0.05) is 16.6 Å². The zero-order valence-corrected chi connectivity index (χ0v) is 17.1. The quantitative estimate of drug-likeness (QED) is 0.517. The standard InChI is InChI=1S/C19H18BrFN4OS/c1-2-10-25-18(13-6-4-3-5-7-13)23-24-19(25)27-12-17(26)22-16-9-8-14(20)11-15(16)21/h3-9,11H,2,10,12H2,1H3,(H,22,26). The van der Waals surface area contributed by atoms with E-state index in [1.54, 1.807) is 6.07 Å². The molecule has 0 aliphatic heterocycles. The molecule has 0 aliphatic rings. The zero-order valence-electron chi connectivity index (χ0n) is 14.7. The molecule has 1 heterocycles. The van der Waals surface area contributed by atoms with Crippen LogP contribution in [0.25, 0.3) is 11.4 Å². The van der Waals surface area contributed by atoms with Gasteiger partial charge < -0.3 is 9.88 Å². The Morgan fingerprint density at radius 3 is 2.70 bits per heavy atom. The summed E-state index contributed by atoms with van der Waals surface area (Å²) in [6.07, 6.45) is 0.918. The Morgan fingerprint density at radius 2 is 2.00 bits per heavy atom. The van der Waals surface area contributed by atoms with E-state index in [1.807, 2.05) is 34.9 Å². The Bertz CT molecular complexity index is 933. The number of nitrogens with one attached hydrogen (secondary N) is 1. The van der Waals surface area contributed by atoms with Gasteiger partial charge in [-0.1, -0.05) is 64.9 Å². The van der Waals surface area contributed by atoms with Crippen LogP contribution in [0.1, 0.15) is 13.3 Å². The number of hydrogen-bond acceptors (Lipinski definition) is 4. The lowest BCUT2D eigenvalue weighted by Crippen LogP contribution is -2.15. The summed E-state index contributed by atoms with van der Waals surface area (Å²) in [5.41, 5.74) is 1.13. The van der Waals surface area contributed by atoms with Gasteiger partial charge in [0.15, 0.2) is 11.0 Å². The van der Waals surface area contributed by atoms with Crippen LogP contribution >= 0.6 is 27.7 Å². The molecular formula is C19H18BrFN4OS. The fourth-order valence-corrected chi connectivity index (χ4v) is 3.63. The summed E-state index contributed by atoms with van der Waals surface area (Å²) >= 11 is 4.48. The third kappa shape index (κ3) is 4.95. The molecule has 1 N–H and O–H groups in total. The molecule has 2 aromatic carbocycles. The van der Waals surface area contributed by atoms with Crippen LogP contribution in [-0.2, 0) is 11.3 Å². The van der Waals surface area contributed by atoms with E-state index >= 15 is 0 Å². The minimum atomic E-state index is -0.483. The highest BCUT2D eigenvalue weighted by Crippen LogP contribution is 2.25. The smallest absolute Gasteiger partial charge is 0.234 e. The maximum absolute atomic E-state index is 13.9. The molecule has 0 atom stereocenters. The summed E-state index contributed by atoms with van der Waals surface area (Å²) in [6.45, 7) is 2.83. The predicted octanol–water partition coefficient (Wildman–Crippen LogP) is 4.99. The highest BCUT2D eigenvalue weighted by molar-refractivity contribution is 9.10. The third-order valence-corrected chi connectivity index (χ3v) is 5.19. The van der Waals surface area contributed by atoms with Crippen LogP contribution in [0, 0.1) is 5.82 Å². The van der Waals surface area contributed by atoms with Crippen molar-refractivity contribution in [2.45, 2.75) is 25.0 Å². The van der Waals surface area contributed by atoms with Crippen LogP contribution in [0.15, 0.2) is 58.2 Å². The second-order valence-corrected chi connectivity index (χ2v) is 7.64. The number of nitrogens with zero attached hydrogens (tertiary/aromatic N) is 3. The number of benzene rings is 2. The van der Waals surface area contributed by atoms with Gasteiger partial charge >= 0.3 is 0 Å². The molecule has 0 unspecified atom stereocenters. The molecule has 0 aliphatic carbocycles. The predicted molar refractivity (Wildman–Crippen MR) is 109 cm³/mol. The molecule has 3 rings (SSSR count). The van der Waals surface area contributed by atoms with Gasteiger partial charge in [-0.2, -0.15) is 0 Å². The van der Waals surface area contributed by atoms with Gasteiger partial charge in [-0.3, -0.25) is 4.79 Å². The number of rotatable bonds is 7. The van der Waals surface area contributed by atoms with E-state index in [1.165, 1.54) is 23.9 Å². The molecule has 8 heteroatoms. The number of amides is 1. The minimum Gasteiger partial charge on any atom is -0.323 e. The van der Waals surface area contributed by atoms with Crippen LogP contribution in [0.3, 0.4) is 0 Å². The Morgan fingerprint density at radius 1 is 1.22 bits per heavy atom. The van der Waals surface area contributed by atoms with E-state index in [9.17, 15) is 9.18 Å². The molecular weight excluding hydrogens is 431 g/mol. The highest BCUT2D eigenvalue weighted by atomic mass is 79.9. The Balaban J connectivity index is 1.70. The van der Waals surface area contributed by atoms with Crippen LogP contribution in [0.4, 0.5) is 10.1 Å². The summed E-state index contributed by atoms with van der Waals surface area (Å²) in [4.78, 5) is 12.2. The van der Waals surface area contributed by atoms with Crippen LogP contribution in [0.5, 0.6) is 0 Å². The Labute approximate surface area is 169 Å². The summed E-state index contributed by atoms with van der Waals surface area (Å²) in [5, 5.41) is 11.8. The number of hydrogen-bond donors (Lipinski definition) is 1. The van der Waals surface area contributed by atoms with Crippen molar-refractivity contribution in [3.63, 3.8) is 0 Å². The first-order chi connectivity index (χ1) is 13.1. The van der Waals surface area contributed by atoms with E-state index in [-0.39, 0.29) is 17.3 Å². The number of carbonyl (C=O) groups is 1. The molecule has 0 fully saturated rings. The van der Waals surface area contributed by atoms with Gasteiger partial charge in [0.05, 0.1) is 11.4 Å². The maximum atomic E-state index is 13.9. The molecule has 140 valence electrons. The van der Waals surface area contributed by atoms with Crippen molar-refractivity contribution >= 4 is 39.3 Å². The van der Waals surface area contributed by atoms with Gasteiger partial charge in [0.1, 0.15) is 5.82 Å². The molecule has 0 bridgehead atoms. The molecule has 1 aromatic heterocycles. The number of anilines is 1. The number of aromatic nitrogens is 3. The molecule has 3 aromatic rings. The van der Waals surface area contributed by atoms with Crippen LogP contribution < -0.4 is 5.32 Å². The maximum Gasteiger partial charge on any atom is 0.234 e. The van der Waals surface area contributed by atoms with Gasteiger partial charge in [0.2, 0.25) is 5.91 Å². The first kappa shape index (κ1) is 19.6. The SMILES string of the molecule is CCCn1c(SCC(=O)Nc2ccc(Br)cc2F)nnc1-c1ccccc1. The van der Waals surface area contributed by atoms with Crippen molar-refractivity contribution in [3.05, 3.63) is 58.8 Å². The summed E-state index contributed by atoms with van der Waals surface area (Å²) in [7, 11) is 0. The molecule has 0 saturated heterocycles. The first-order valence-electron chi connectivity index (χ1n) is 8.44. The lowest BCUT2D eigenvalue weighted by atomic mass is 10.2. The lowest BCUT2D eigenvalue weighted by Gasteiger charge is -2.09. The van der Waals surface area contributed by atoms with E-state index < -0.39 is 5.82 Å². The second kappa shape index (κ2) is 9.14. The van der Waals surface area contributed by atoms with Crippen LogP contribution in [0.2, 0.25) is 0 Å². The molecule has 0 saturated carbocycles. The summed E-state index contributed by atoms with van der Waals surface area (Å²) < 4.78 is 16.5. The lowest BCUT2D eigenvalue weighted by molar-refractivity contribution is -0.113. The Kier molecular flexibility index (Phi) is 6.63. The van der Waals surface area contributed by atoms with Crippen LogP contribution in [-0.4, -0.2) is 26.4 Å². The van der Waals surface area contributed by atoms with Crippen molar-refractivity contribution < 1.29 is 9.18 Å². The van der Waals surface area contributed by atoms with Crippen molar-refractivity contribution in [1.82, 2.24) is 14.8 Å². The van der Waals surface area contributed by atoms with E-state index in [4.69, 9.17) is 0 Å². The molecule has 5 nitrogen and oxygen atoms in total. The van der Waals surface area contributed by atoms with Gasteiger partial charge in [-0.05, 0) is 24.6 Å². The molecule has 0 spiro atoms. The Hall–Kier alpha value is -2.19. The largest absolute Gasteiger partial charge is 0.323 e. The molecule has 27 heavy (non-hydrogen) atoms. The first-order valence-corrected chi connectivity index (χ1v) is 10.2. The van der Waals surface area contributed by atoms with Crippen molar-refractivity contribution in [2.24, 2.45) is 0 Å². The van der Waals surface area contributed by atoms with E-state index in [2.05, 4.69) is 38.4 Å².